The number of fused-ring (bicyclic) bond motifs is 1. The summed E-state index contributed by atoms with van der Waals surface area (Å²) < 4.78 is 43.2. The highest BCUT2D eigenvalue weighted by molar-refractivity contribution is 5.89. The first-order valence-corrected chi connectivity index (χ1v) is 9.13. The van der Waals surface area contributed by atoms with E-state index in [4.69, 9.17) is 4.74 Å². The standard InChI is InChI=1S/C19H24F3N3O3.CH4/c1-18(2,3)28-17(27)25-10-12-8-24(9-13(12)11-25)16(26)23-15-6-4-14(5-7-15)19(20,21)22;/h4-7,12-13H,8-11H2,1-3H3,(H,23,26);1H4. The van der Waals surface area contributed by atoms with Gasteiger partial charge in [0.2, 0.25) is 0 Å². The minimum absolute atomic E-state index is 0. The monoisotopic (exact) mass is 415 g/mol. The van der Waals surface area contributed by atoms with E-state index >= 15 is 0 Å². The zero-order valence-electron chi connectivity index (χ0n) is 16.0. The van der Waals surface area contributed by atoms with Crippen molar-refractivity contribution in [3.8, 4) is 0 Å². The van der Waals surface area contributed by atoms with Gasteiger partial charge in [-0.25, -0.2) is 9.59 Å². The van der Waals surface area contributed by atoms with Crippen molar-refractivity contribution < 1.29 is 27.5 Å². The van der Waals surface area contributed by atoms with E-state index in [2.05, 4.69) is 5.32 Å². The third-order valence-electron chi connectivity index (χ3n) is 4.89. The third kappa shape index (κ3) is 5.55. The van der Waals surface area contributed by atoms with Crippen molar-refractivity contribution in [1.82, 2.24) is 9.80 Å². The average molecular weight is 415 g/mol. The minimum Gasteiger partial charge on any atom is -0.444 e. The molecule has 1 aromatic rings. The Balaban J connectivity index is 0.00000300. The fraction of sp³-hybridized carbons (Fsp3) is 0.600. The molecule has 1 N–H and O–H groups in total. The molecule has 9 heteroatoms. The number of rotatable bonds is 1. The predicted octanol–water partition coefficient (Wildman–Crippen LogP) is 4.67. The summed E-state index contributed by atoms with van der Waals surface area (Å²) in [5, 5.41) is 2.63. The van der Waals surface area contributed by atoms with E-state index in [9.17, 15) is 22.8 Å². The summed E-state index contributed by atoms with van der Waals surface area (Å²) in [6, 6.07) is 4.00. The molecule has 3 rings (SSSR count). The van der Waals surface area contributed by atoms with Crippen molar-refractivity contribution in [1.29, 1.82) is 0 Å². The second-order valence-electron chi connectivity index (χ2n) is 8.32. The smallest absolute Gasteiger partial charge is 0.416 e. The van der Waals surface area contributed by atoms with Crippen molar-refractivity contribution in [2.75, 3.05) is 31.5 Å². The summed E-state index contributed by atoms with van der Waals surface area (Å²) in [4.78, 5) is 27.9. The average Bonchev–Trinajstić information content (AvgIpc) is 3.11. The molecule has 2 saturated heterocycles. The largest absolute Gasteiger partial charge is 0.444 e. The molecule has 6 nitrogen and oxygen atoms in total. The molecule has 0 radical (unpaired) electrons. The summed E-state index contributed by atoms with van der Waals surface area (Å²) in [5.41, 5.74) is -1.00. The number of nitrogens with zero attached hydrogens (tertiary/aromatic N) is 2. The zero-order valence-corrected chi connectivity index (χ0v) is 16.0. The number of likely N-dealkylation sites (tertiary alicyclic amines) is 2. The Hall–Kier alpha value is -2.45. The van der Waals surface area contributed by atoms with Gasteiger partial charge in [0.25, 0.3) is 0 Å². The molecule has 0 spiro atoms. The van der Waals surface area contributed by atoms with Crippen LogP contribution in [-0.2, 0) is 10.9 Å². The lowest BCUT2D eigenvalue weighted by molar-refractivity contribution is -0.137. The molecule has 2 fully saturated rings. The highest BCUT2D eigenvalue weighted by atomic mass is 19.4. The molecule has 2 aliphatic heterocycles. The number of hydrogen-bond acceptors (Lipinski definition) is 3. The lowest BCUT2D eigenvalue weighted by Crippen LogP contribution is -2.39. The normalized spacial score (nSPS) is 21.4. The van der Waals surface area contributed by atoms with E-state index < -0.39 is 17.3 Å². The quantitative estimate of drug-likeness (QED) is 0.725. The van der Waals surface area contributed by atoms with Gasteiger partial charge >= 0.3 is 18.3 Å². The van der Waals surface area contributed by atoms with E-state index in [1.165, 1.54) is 12.1 Å². The molecule has 0 bridgehead atoms. The summed E-state index contributed by atoms with van der Waals surface area (Å²) in [7, 11) is 0. The van der Waals surface area contributed by atoms with Crippen LogP contribution in [0.2, 0.25) is 0 Å². The number of amides is 3. The van der Waals surface area contributed by atoms with Crippen LogP contribution >= 0.6 is 0 Å². The van der Waals surface area contributed by atoms with Gasteiger partial charge in [-0.2, -0.15) is 13.2 Å². The van der Waals surface area contributed by atoms with Crippen LogP contribution in [0, 0.1) is 11.8 Å². The second-order valence-corrected chi connectivity index (χ2v) is 8.32. The van der Waals surface area contributed by atoms with Gasteiger partial charge in [-0.05, 0) is 45.0 Å². The number of alkyl halides is 3. The van der Waals surface area contributed by atoms with Crippen molar-refractivity contribution in [3.05, 3.63) is 29.8 Å². The van der Waals surface area contributed by atoms with Crippen molar-refractivity contribution in [3.63, 3.8) is 0 Å². The summed E-state index contributed by atoms with van der Waals surface area (Å²) in [5.74, 6) is 0.344. The predicted molar refractivity (Wildman–Crippen MR) is 104 cm³/mol. The molecular weight excluding hydrogens is 387 g/mol. The van der Waals surface area contributed by atoms with Gasteiger partial charge in [0.1, 0.15) is 5.60 Å². The number of ether oxygens (including phenoxy) is 1. The minimum atomic E-state index is -4.41. The molecular formula is C20H28F3N3O3. The van der Waals surface area contributed by atoms with E-state index in [0.29, 0.717) is 31.9 Å². The Labute approximate surface area is 169 Å². The van der Waals surface area contributed by atoms with Crippen LogP contribution in [0.3, 0.4) is 0 Å². The topological polar surface area (TPSA) is 61.9 Å². The highest BCUT2D eigenvalue weighted by Gasteiger charge is 2.44. The number of hydrogen-bond donors (Lipinski definition) is 1. The summed E-state index contributed by atoms with van der Waals surface area (Å²) >= 11 is 0. The molecule has 1 aromatic carbocycles. The van der Waals surface area contributed by atoms with Crippen molar-refractivity contribution in [2.45, 2.75) is 40.0 Å². The first-order chi connectivity index (χ1) is 12.9. The second kappa shape index (κ2) is 8.12. The number of carbonyl (C=O) groups is 2. The molecule has 2 heterocycles. The Bertz CT molecular complexity index is 730. The van der Waals surface area contributed by atoms with Gasteiger partial charge in [-0.15, -0.1) is 0 Å². The van der Waals surface area contributed by atoms with Crippen LogP contribution in [0.1, 0.15) is 33.8 Å². The third-order valence-corrected chi connectivity index (χ3v) is 4.89. The lowest BCUT2D eigenvalue weighted by atomic mass is 10.0. The van der Waals surface area contributed by atoms with E-state index in [1.807, 2.05) is 20.8 Å². The van der Waals surface area contributed by atoms with Crippen LogP contribution in [0.25, 0.3) is 0 Å². The maximum atomic E-state index is 12.6. The summed E-state index contributed by atoms with van der Waals surface area (Å²) in [6.07, 6.45) is -4.75. The maximum absolute atomic E-state index is 12.6. The lowest BCUT2D eigenvalue weighted by Gasteiger charge is -2.26. The number of nitrogens with one attached hydrogen (secondary N) is 1. The number of halogens is 3. The summed E-state index contributed by atoms with van der Waals surface area (Å²) in [6.45, 7) is 7.50. The number of urea groups is 1. The SMILES string of the molecule is C.CC(C)(C)OC(=O)N1CC2CN(C(=O)Nc3ccc(C(F)(F)F)cc3)CC2C1. The maximum Gasteiger partial charge on any atom is 0.416 e. The Morgan fingerprint density at radius 3 is 1.90 bits per heavy atom. The number of anilines is 1. The van der Waals surface area contributed by atoms with Crippen LogP contribution in [0.15, 0.2) is 24.3 Å². The van der Waals surface area contributed by atoms with Gasteiger partial charge in [0.05, 0.1) is 5.56 Å². The Morgan fingerprint density at radius 1 is 0.966 bits per heavy atom. The molecule has 2 atom stereocenters. The number of benzene rings is 1. The Morgan fingerprint density at radius 2 is 1.45 bits per heavy atom. The number of carbonyl (C=O) groups excluding carboxylic acids is 2. The fourth-order valence-electron chi connectivity index (χ4n) is 3.58. The van der Waals surface area contributed by atoms with Crippen molar-refractivity contribution in [2.24, 2.45) is 11.8 Å². The van der Waals surface area contributed by atoms with Gasteiger partial charge in [0.15, 0.2) is 0 Å². The van der Waals surface area contributed by atoms with Gasteiger partial charge in [-0.1, -0.05) is 7.43 Å². The van der Waals surface area contributed by atoms with Gasteiger partial charge < -0.3 is 19.9 Å². The highest BCUT2D eigenvalue weighted by Crippen LogP contribution is 2.33. The molecule has 3 amide bonds. The van der Waals surface area contributed by atoms with Crippen LogP contribution in [0.4, 0.5) is 28.4 Å². The van der Waals surface area contributed by atoms with Crippen molar-refractivity contribution >= 4 is 17.8 Å². The molecule has 2 aliphatic rings. The zero-order chi connectivity index (χ0) is 20.7. The Kier molecular flexibility index (Phi) is 6.39. The molecule has 0 saturated carbocycles. The van der Waals surface area contributed by atoms with Gasteiger partial charge in [0, 0.05) is 43.7 Å². The fourth-order valence-corrected chi connectivity index (χ4v) is 3.58. The first-order valence-electron chi connectivity index (χ1n) is 9.13. The molecule has 0 aromatic heterocycles. The molecule has 29 heavy (non-hydrogen) atoms. The van der Waals surface area contributed by atoms with E-state index in [1.54, 1.807) is 9.80 Å². The van der Waals surface area contributed by atoms with Crippen LogP contribution in [0.5, 0.6) is 0 Å². The van der Waals surface area contributed by atoms with E-state index in [0.717, 1.165) is 12.1 Å². The molecule has 0 aliphatic carbocycles. The first kappa shape index (κ1) is 22.8. The van der Waals surface area contributed by atoms with Crippen LogP contribution in [-0.4, -0.2) is 53.7 Å². The van der Waals surface area contributed by atoms with Crippen LogP contribution < -0.4 is 5.32 Å². The van der Waals surface area contributed by atoms with Gasteiger partial charge in [-0.3, -0.25) is 0 Å². The molecule has 2 unspecified atom stereocenters. The molecule has 162 valence electrons. The van der Waals surface area contributed by atoms with E-state index in [-0.39, 0.29) is 31.4 Å².